The van der Waals surface area contributed by atoms with E-state index in [-0.39, 0.29) is 22.8 Å². The molecule has 31 heavy (non-hydrogen) atoms. The highest BCUT2D eigenvalue weighted by molar-refractivity contribution is 7.94. The zero-order valence-corrected chi connectivity index (χ0v) is 18.6. The number of piperazine rings is 1. The largest absolute Gasteiger partial charge is 0.495 e. The van der Waals surface area contributed by atoms with Crippen molar-refractivity contribution in [2.75, 3.05) is 48.2 Å². The van der Waals surface area contributed by atoms with E-state index < -0.39 is 26.0 Å². The first-order valence-electron chi connectivity index (χ1n) is 9.78. The molecule has 9 nitrogen and oxygen atoms in total. The van der Waals surface area contributed by atoms with E-state index in [0.717, 1.165) is 15.7 Å². The Morgan fingerprint density at radius 3 is 2.16 bits per heavy atom. The maximum atomic E-state index is 13.1. The third-order valence-corrected chi connectivity index (χ3v) is 9.06. The molecular formula is C20H23N3O6S2. The highest BCUT2D eigenvalue weighted by Gasteiger charge is 2.36. The monoisotopic (exact) mass is 465 g/mol. The number of hydrogen-bond acceptors (Lipinski definition) is 7. The van der Waals surface area contributed by atoms with Crippen LogP contribution in [-0.2, 0) is 24.8 Å². The lowest BCUT2D eigenvalue weighted by Gasteiger charge is -2.36. The number of anilines is 2. The number of hydrogen-bond donors (Lipinski definition) is 0. The van der Waals surface area contributed by atoms with E-state index in [4.69, 9.17) is 4.74 Å². The molecule has 2 aliphatic heterocycles. The van der Waals surface area contributed by atoms with Gasteiger partial charge in [-0.25, -0.2) is 21.1 Å². The highest BCUT2D eigenvalue weighted by atomic mass is 32.2. The molecule has 0 bridgehead atoms. The summed E-state index contributed by atoms with van der Waals surface area (Å²) in [6.45, 7) is 1.64. The zero-order chi connectivity index (χ0) is 22.2. The molecule has 2 aromatic carbocycles. The summed E-state index contributed by atoms with van der Waals surface area (Å²) in [5.74, 6) is -0.00796. The van der Waals surface area contributed by atoms with Gasteiger partial charge in [-0.05, 0) is 36.4 Å². The molecule has 0 unspecified atom stereocenters. The minimum Gasteiger partial charge on any atom is -0.495 e. The van der Waals surface area contributed by atoms with Crippen LogP contribution in [0.4, 0.5) is 11.4 Å². The Kier molecular flexibility index (Phi) is 5.67. The van der Waals surface area contributed by atoms with Crippen molar-refractivity contribution in [2.45, 2.75) is 11.3 Å². The summed E-state index contributed by atoms with van der Waals surface area (Å²) in [5, 5.41) is 0. The number of nitrogens with zero attached hydrogens (tertiary/aromatic N) is 3. The van der Waals surface area contributed by atoms with Gasteiger partial charge in [-0.3, -0.25) is 4.79 Å². The van der Waals surface area contributed by atoms with Gasteiger partial charge >= 0.3 is 0 Å². The first-order chi connectivity index (χ1) is 14.7. The number of carbonyl (C=O) groups is 1. The molecule has 2 aliphatic rings. The van der Waals surface area contributed by atoms with Gasteiger partial charge in [0.2, 0.25) is 26.0 Å². The number of ether oxygens (including phenoxy) is 1. The number of benzene rings is 2. The van der Waals surface area contributed by atoms with E-state index in [1.54, 1.807) is 7.11 Å². The van der Waals surface area contributed by atoms with Crippen LogP contribution in [0.25, 0.3) is 0 Å². The maximum absolute atomic E-state index is 13.1. The molecule has 0 aromatic heterocycles. The van der Waals surface area contributed by atoms with E-state index >= 15 is 0 Å². The molecule has 0 spiro atoms. The topological polar surface area (TPSA) is 104 Å². The summed E-state index contributed by atoms with van der Waals surface area (Å²) in [7, 11) is -5.83. The number of rotatable bonds is 5. The molecule has 2 heterocycles. The van der Waals surface area contributed by atoms with E-state index in [1.165, 1.54) is 28.6 Å². The summed E-state index contributed by atoms with van der Waals surface area (Å²) in [4.78, 5) is 14.1. The summed E-state index contributed by atoms with van der Waals surface area (Å²) in [6, 6.07) is 13.0. The van der Waals surface area contributed by atoms with Gasteiger partial charge in [-0.2, -0.15) is 4.31 Å². The molecule has 1 amide bonds. The second-order valence-electron chi connectivity index (χ2n) is 7.28. The summed E-state index contributed by atoms with van der Waals surface area (Å²) >= 11 is 0. The molecule has 11 heteroatoms. The number of carbonyl (C=O) groups excluding carboxylic acids is 1. The molecular weight excluding hydrogens is 442 g/mol. The molecule has 0 atom stereocenters. The molecule has 0 N–H and O–H groups in total. The van der Waals surface area contributed by atoms with E-state index in [2.05, 4.69) is 4.90 Å². The van der Waals surface area contributed by atoms with Crippen molar-refractivity contribution in [3.05, 3.63) is 48.5 Å². The van der Waals surface area contributed by atoms with E-state index in [1.807, 2.05) is 24.3 Å². The van der Waals surface area contributed by atoms with E-state index in [0.29, 0.717) is 26.2 Å². The lowest BCUT2D eigenvalue weighted by Crippen LogP contribution is -2.48. The Balaban J connectivity index is 1.49. The average Bonchev–Trinajstić information content (AvgIpc) is 3.06. The van der Waals surface area contributed by atoms with Crippen molar-refractivity contribution in [3.8, 4) is 5.75 Å². The Morgan fingerprint density at radius 2 is 1.58 bits per heavy atom. The van der Waals surface area contributed by atoms with Crippen molar-refractivity contribution in [1.29, 1.82) is 0 Å². The number of sulfonamides is 2. The summed E-state index contributed by atoms with van der Waals surface area (Å²) < 4.78 is 57.8. The van der Waals surface area contributed by atoms with Gasteiger partial charge < -0.3 is 9.64 Å². The van der Waals surface area contributed by atoms with Crippen LogP contribution in [0.15, 0.2) is 53.4 Å². The second kappa shape index (κ2) is 8.13. The zero-order valence-electron chi connectivity index (χ0n) is 17.0. The third kappa shape index (κ3) is 4.00. The van der Waals surface area contributed by atoms with Gasteiger partial charge in [0.05, 0.1) is 29.1 Å². The predicted octanol–water partition coefficient (Wildman–Crippen LogP) is 1.27. The Labute approximate surface area is 181 Å². The van der Waals surface area contributed by atoms with Crippen LogP contribution in [0.3, 0.4) is 0 Å². The molecule has 0 radical (unpaired) electrons. The number of methoxy groups -OCH3 is 1. The fraction of sp³-hybridized carbons (Fsp3) is 0.350. The van der Waals surface area contributed by atoms with Crippen molar-refractivity contribution >= 4 is 37.3 Å². The summed E-state index contributed by atoms with van der Waals surface area (Å²) in [6.07, 6.45) is -0.0706. The molecule has 4 rings (SSSR count). The molecule has 2 aromatic rings. The van der Waals surface area contributed by atoms with Gasteiger partial charge in [0, 0.05) is 32.6 Å². The first kappa shape index (κ1) is 21.6. The minimum atomic E-state index is -3.74. The quantitative estimate of drug-likeness (QED) is 0.655. The number of para-hydroxylation sites is 2. The minimum absolute atomic E-state index is 0.0611. The molecule has 2 fully saturated rings. The van der Waals surface area contributed by atoms with Crippen LogP contribution in [-0.4, -0.2) is 66.1 Å². The van der Waals surface area contributed by atoms with Crippen molar-refractivity contribution < 1.29 is 26.4 Å². The normalized spacial score (nSPS) is 19.6. The van der Waals surface area contributed by atoms with Crippen LogP contribution >= 0.6 is 0 Å². The average molecular weight is 466 g/mol. The second-order valence-corrected chi connectivity index (χ2v) is 11.2. The van der Waals surface area contributed by atoms with E-state index in [9.17, 15) is 21.6 Å². The van der Waals surface area contributed by atoms with Crippen LogP contribution in [0.2, 0.25) is 0 Å². The molecule has 0 saturated carbocycles. The van der Waals surface area contributed by atoms with Gasteiger partial charge in [-0.15, -0.1) is 0 Å². The Morgan fingerprint density at radius 1 is 0.935 bits per heavy atom. The lowest BCUT2D eigenvalue weighted by atomic mass is 10.2. The molecule has 166 valence electrons. The van der Waals surface area contributed by atoms with Crippen LogP contribution in [0.1, 0.15) is 6.42 Å². The number of amides is 1. The van der Waals surface area contributed by atoms with Gasteiger partial charge in [0.25, 0.3) is 0 Å². The smallest absolute Gasteiger partial charge is 0.243 e. The fourth-order valence-electron chi connectivity index (χ4n) is 3.83. The first-order valence-corrected chi connectivity index (χ1v) is 12.8. The maximum Gasteiger partial charge on any atom is 0.243 e. The Bertz CT molecular complexity index is 1190. The standard InChI is InChI=1S/C20H23N3O6S2/c1-29-19-5-3-2-4-18(19)21-11-13-22(14-12-21)31(27,28)17-8-6-16(7-9-17)23-20(24)10-15-30(23,25)26/h2-9H,10-15H2,1H3. The molecule has 0 aliphatic carbocycles. The van der Waals surface area contributed by atoms with Crippen LogP contribution < -0.4 is 13.9 Å². The highest BCUT2D eigenvalue weighted by Crippen LogP contribution is 2.30. The van der Waals surface area contributed by atoms with Crippen molar-refractivity contribution in [2.24, 2.45) is 0 Å². The SMILES string of the molecule is COc1ccccc1N1CCN(S(=O)(=O)c2ccc(N3C(=O)CCS3(=O)=O)cc2)CC1. The lowest BCUT2D eigenvalue weighted by molar-refractivity contribution is -0.116. The Hall–Kier alpha value is -2.63. The van der Waals surface area contributed by atoms with Gasteiger partial charge in [-0.1, -0.05) is 12.1 Å². The fourth-order valence-corrected chi connectivity index (χ4v) is 6.71. The van der Waals surface area contributed by atoms with Crippen molar-refractivity contribution in [3.63, 3.8) is 0 Å². The van der Waals surface area contributed by atoms with Gasteiger partial charge in [0.15, 0.2) is 0 Å². The third-order valence-electron chi connectivity index (χ3n) is 5.45. The van der Waals surface area contributed by atoms with Crippen molar-refractivity contribution in [1.82, 2.24) is 4.31 Å². The predicted molar refractivity (Wildman–Crippen MR) is 116 cm³/mol. The van der Waals surface area contributed by atoms with Gasteiger partial charge in [0.1, 0.15) is 5.75 Å². The van der Waals surface area contributed by atoms with Crippen LogP contribution in [0, 0.1) is 0 Å². The van der Waals surface area contributed by atoms with Crippen LogP contribution in [0.5, 0.6) is 5.75 Å². The molecule has 2 saturated heterocycles. The summed E-state index contributed by atoms with van der Waals surface area (Å²) in [5.41, 5.74) is 1.07.